The van der Waals surface area contributed by atoms with Crippen molar-refractivity contribution in [2.45, 2.75) is 64.7 Å². The van der Waals surface area contributed by atoms with E-state index in [1.54, 1.807) is 11.1 Å². The van der Waals surface area contributed by atoms with Crippen LogP contribution in [0, 0.1) is 5.41 Å². The molecule has 0 amide bonds. The molecule has 1 aromatic carbocycles. The second kappa shape index (κ2) is 7.09. The van der Waals surface area contributed by atoms with Crippen LogP contribution in [0.4, 0.5) is 0 Å². The van der Waals surface area contributed by atoms with E-state index in [1.807, 2.05) is 0 Å². The topological polar surface area (TPSA) is 26.0 Å². The number of unbranched alkanes of at least 4 members (excludes halogenated alkanes) is 5. The van der Waals surface area contributed by atoms with Crippen molar-refractivity contribution in [2.75, 3.05) is 6.54 Å². The molecule has 2 N–H and O–H groups in total. The molecule has 1 heteroatoms. The van der Waals surface area contributed by atoms with Gasteiger partial charge in [-0.05, 0) is 42.3 Å². The van der Waals surface area contributed by atoms with Crippen LogP contribution < -0.4 is 5.73 Å². The molecule has 0 spiro atoms. The van der Waals surface area contributed by atoms with Crippen LogP contribution in [0.15, 0.2) is 24.3 Å². The lowest BCUT2D eigenvalue weighted by Gasteiger charge is -2.27. The first-order valence-corrected chi connectivity index (χ1v) is 8.06. The number of rotatable bonds is 8. The Bertz CT molecular complexity index is 358. The van der Waals surface area contributed by atoms with Crippen LogP contribution in [-0.2, 0) is 12.8 Å². The Morgan fingerprint density at radius 2 is 1.53 bits per heavy atom. The van der Waals surface area contributed by atoms with Gasteiger partial charge in [0.15, 0.2) is 0 Å². The fraction of sp³-hybridized carbons (Fsp3) is 0.667. The first kappa shape index (κ1) is 14.6. The number of benzene rings is 1. The molecule has 0 bridgehead atoms. The zero-order valence-electron chi connectivity index (χ0n) is 12.5. The summed E-state index contributed by atoms with van der Waals surface area (Å²) in [7, 11) is 0. The summed E-state index contributed by atoms with van der Waals surface area (Å²) in [5.74, 6) is 0. The molecule has 0 atom stereocenters. The van der Waals surface area contributed by atoms with Crippen molar-refractivity contribution in [1.82, 2.24) is 0 Å². The Balaban J connectivity index is 1.78. The first-order chi connectivity index (χ1) is 9.29. The summed E-state index contributed by atoms with van der Waals surface area (Å²) in [5.41, 5.74) is 9.56. The molecule has 1 nitrogen and oxygen atoms in total. The molecule has 1 aromatic rings. The van der Waals surface area contributed by atoms with Crippen LogP contribution in [0.2, 0.25) is 0 Å². The molecule has 1 aliphatic carbocycles. The molecule has 0 heterocycles. The summed E-state index contributed by atoms with van der Waals surface area (Å²) in [4.78, 5) is 0. The largest absolute Gasteiger partial charge is 0.330 e. The van der Waals surface area contributed by atoms with E-state index in [0.29, 0.717) is 5.41 Å². The predicted octanol–water partition coefficient (Wildman–Crippen LogP) is 4.48. The summed E-state index contributed by atoms with van der Waals surface area (Å²) in [5, 5.41) is 0. The van der Waals surface area contributed by atoms with Crippen molar-refractivity contribution < 1.29 is 0 Å². The lowest BCUT2D eigenvalue weighted by Crippen LogP contribution is -2.31. The second-order valence-corrected chi connectivity index (χ2v) is 6.34. The molecular formula is C18H29N. The first-order valence-electron chi connectivity index (χ1n) is 8.06. The smallest absolute Gasteiger partial charge is 0.00141 e. The quantitative estimate of drug-likeness (QED) is 0.684. The van der Waals surface area contributed by atoms with Crippen molar-refractivity contribution in [1.29, 1.82) is 0 Å². The van der Waals surface area contributed by atoms with E-state index in [4.69, 9.17) is 5.73 Å². The van der Waals surface area contributed by atoms with Gasteiger partial charge in [0.05, 0.1) is 0 Å². The van der Waals surface area contributed by atoms with Gasteiger partial charge < -0.3 is 5.73 Å². The SMILES string of the molecule is CCCCCCCCC1(CN)Cc2ccccc2C1. The Morgan fingerprint density at radius 1 is 0.947 bits per heavy atom. The maximum absolute atomic E-state index is 6.11. The van der Waals surface area contributed by atoms with E-state index in [0.717, 1.165) is 6.54 Å². The molecule has 0 aromatic heterocycles. The number of fused-ring (bicyclic) bond motifs is 1. The summed E-state index contributed by atoms with van der Waals surface area (Å²) in [6.07, 6.45) is 12.0. The third kappa shape index (κ3) is 3.82. The fourth-order valence-corrected chi connectivity index (χ4v) is 3.48. The molecule has 0 saturated heterocycles. The van der Waals surface area contributed by atoms with Gasteiger partial charge >= 0.3 is 0 Å². The third-order valence-electron chi connectivity index (χ3n) is 4.74. The van der Waals surface area contributed by atoms with Crippen LogP contribution in [0.1, 0.15) is 63.0 Å². The normalized spacial score (nSPS) is 16.5. The minimum absolute atomic E-state index is 0.369. The standard InChI is InChI=1S/C18H29N/c1-2-3-4-5-6-9-12-18(15-19)13-16-10-7-8-11-17(16)14-18/h7-8,10-11H,2-6,9,12-15,19H2,1H3. The highest BCUT2D eigenvalue weighted by molar-refractivity contribution is 5.34. The molecule has 0 saturated carbocycles. The minimum atomic E-state index is 0.369. The molecule has 0 radical (unpaired) electrons. The molecular weight excluding hydrogens is 230 g/mol. The Labute approximate surface area is 118 Å². The molecule has 1 aliphatic rings. The van der Waals surface area contributed by atoms with E-state index < -0.39 is 0 Å². The fourth-order valence-electron chi connectivity index (χ4n) is 3.48. The molecule has 19 heavy (non-hydrogen) atoms. The monoisotopic (exact) mass is 259 g/mol. The van der Waals surface area contributed by atoms with Crippen molar-refractivity contribution in [3.63, 3.8) is 0 Å². The number of nitrogens with two attached hydrogens (primary N) is 1. The molecule has 0 aliphatic heterocycles. The van der Waals surface area contributed by atoms with E-state index in [-0.39, 0.29) is 0 Å². The molecule has 2 rings (SSSR count). The van der Waals surface area contributed by atoms with Crippen molar-refractivity contribution in [3.05, 3.63) is 35.4 Å². The lowest BCUT2D eigenvalue weighted by atomic mass is 9.79. The average molecular weight is 259 g/mol. The third-order valence-corrected chi connectivity index (χ3v) is 4.74. The lowest BCUT2D eigenvalue weighted by molar-refractivity contribution is 0.278. The zero-order valence-corrected chi connectivity index (χ0v) is 12.5. The van der Waals surface area contributed by atoms with E-state index >= 15 is 0 Å². The van der Waals surface area contributed by atoms with Crippen LogP contribution in [0.3, 0.4) is 0 Å². The van der Waals surface area contributed by atoms with E-state index in [2.05, 4.69) is 31.2 Å². The van der Waals surface area contributed by atoms with Crippen LogP contribution in [0.25, 0.3) is 0 Å². The van der Waals surface area contributed by atoms with Crippen molar-refractivity contribution >= 4 is 0 Å². The van der Waals surface area contributed by atoms with Crippen LogP contribution in [0.5, 0.6) is 0 Å². The second-order valence-electron chi connectivity index (χ2n) is 6.34. The highest BCUT2D eigenvalue weighted by atomic mass is 14.6. The maximum Gasteiger partial charge on any atom is -0.00141 e. The summed E-state index contributed by atoms with van der Waals surface area (Å²) in [6.45, 7) is 3.12. The van der Waals surface area contributed by atoms with Gasteiger partial charge in [0, 0.05) is 0 Å². The van der Waals surface area contributed by atoms with E-state index in [9.17, 15) is 0 Å². The highest BCUT2D eigenvalue weighted by Gasteiger charge is 2.35. The van der Waals surface area contributed by atoms with Crippen molar-refractivity contribution in [3.8, 4) is 0 Å². The maximum atomic E-state index is 6.11. The van der Waals surface area contributed by atoms with Crippen LogP contribution >= 0.6 is 0 Å². The van der Waals surface area contributed by atoms with Gasteiger partial charge in [-0.15, -0.1) is 0 Å². The van der Waals surface area contributed by atoms with Gasteiger partial charge in [-0.2, -0.15) is 0 Å². The predicted molar refractivity (Wildman–Crippen MR) is 83.3 cm³/mol. The van der Waals surface area contributed by atoms with Gasteiger partial charge in [0.1, 0.15) is 0 Å². The zero-order chi connectivity index (χ0) is 13.6. The van der Waals surface area contributed by atoms with Gasteiger partial charge in [0.25, 0.3) is 0 Å². The number of hydrogen-bond donors (Lipinski definition) is 1. The van der Waals surface area contributed by atoms with E-state index in [1.165, 1.54) is 57.8 Å². The molecule has 106 valence electrons. The van der Waals surface area contributed by atoms with Gasteiger partial charge in [-0.1, -0.05) is 69.7 Å². The molecule has 0 unspecified atom stereocenters. The summed E-state index contributed by atoms with van der Waals surface area (Å²) >= 11 is 0. The van der Waals surface area contributed by atoms with Gasteiger partial charge in [0.2, 0.25) is 0 Å². The van der Waals surface area contributed by atoms with Gasteiger partial charge in [-0.25, -0.2) is 0 Å². The van der Waals surface area contributed by atoms with Crippen LogP contribution in [-0.4, -0.2) is 6.54 Å². The number of hydrogen-bond acceptors (Lipinski definition) is 1. The van der Waals surface area contributed by atoms with Crippen molar-refractivity contribution in [2.24, 2.45) is 11.1 Å². The Hall–Kier alpha value is -0.820. The average Bonchev–Trinajstić information content (AvgIpc) is 2.82. The highest BCUT2D eigenvalue weighted by Crippen LogP contribution is 2.40. The molecule has 0 fully saturated rings. The Morgan fingerprint density at radius 3 is 2.11 bits per heavy atom. The van der Waals surface area contributed by atoms with Gasteiger partial charge in [-0.3, -0.25) is 0 Å². The Kier molecular flexibility index (Phi) is 5.45. The minimum Gasteiger partial charge on any atom is -0.330 e. The summed E-state index contributed by atoms with van der Waals surface area (Å²) < 4.78 is 0. The summed E-state index contributed by atoms with van der Waals surface area (Å²) in [6, 6.07) is 8.90.